The molecule has 0 saturated carbocycles. The molecule has 7 aromatic rings. The molecule has 0 aliphatic carbocycles. The van der Waals surface area contributed by atoms with Crippen molar-refractivity contribution in [3.63, 3.8) is 0 Å². The third-order valence-corrected chi connectivity index (χ3v) is 16.0. The van der Waals surface area contributed by atoms with Gasteiger partial charge >= 0.3 is 25.4 Å². The number of halogens is 4. The van der Waals surface area contributed by atoms with Gasteiger partial charge in [0.15, 0.2) is 5.15 Å². The fraction of sp³-hybridized carbons (Fsp3) is 0.435. The first kappa shape index (κ1) is 81.3. The van der Waals surface area contributed by atoms with E-state index < -0.39 is 23.9 Å². The molecule has 3 aliphatic heterocycles. The Bertz CT molecular complexity index is 3560. The van der Waals surface area contributed by atoms with Crippen molar-refractivity contribution in [2.45, 2.75) is 118 Å². The van der Waals surface area contributed by atoms with Crippen LogP contribution in [-0.4, -0.2) is 156 Å². The monoisotopic (exact) mass is 1440 g/mol. The Kier molecular flexibility index (Phi) is 32.4. The lowest BCUT2D eigenvalue weighted by atomic mass is 9.80. The Hall–Kier alpha value is -8.37. The predicted octanol–water partition coefficient (Wildman–Crippen LogP) is 12.9. The van der Waals surface area contributed by atoms with Crippen LogP contribution in [0.25, 0.3) is 11.1 Å². The summed E-state index contributed by atoms with van der Waals surface area (Å²) >= 11 is 16.9. The molecule has 6 heterocycles. The summed E-state index contributed by atoms with van der Waals surface area (Å²) in [7, 11) is -1.44. The van der Waals surface area contributed by atoms with Gasteiger partial charge in [0, 0.05) is 45.8 Å². The minimum Gasteiger partial charge on any atom is -0.476 e. The molecule has 30 heteroatoms. The van der Waals surface area contributed by atoms with Crippen LogP contribution in [0.2, 0.25) is 15.2 Å². The highest BCUT2D eigenvalue weighted by atomic mass is 35.5. The van der Waals surface area contributed by atoms with E-state index in [1.54, 1.807) is 39.0 Å². The van der Waals surface area contributed by atoms with E-state index in [4.69, 9.17) is 96.2 Å². The molecule has 25 nitrogen and oxygen atoms in total. The number of benzene rings is 4. The Balaban J connectivity index is 0.000000239. The first-order chi connectivity index (χ1) is 46.4. The zero-order valence-electron chi connectivity index (χ0n) is 57.5. The van der Waals surface area contributed by atoms with Gasteiger partial charge in [-0.15, -0.1) is 12.4 Å². The zero-order chi connectivity index (χ0) is 71.6. The Labute approximate surface area is 601 Å². The molecule has 0 unspecified atom stereocenters. The number of aromatic nitrogens is 6. The summed E-state index contributed by atoms with van der Waals surface area (Å²) in [4.78, 5) is 64.9. The van der Waals surface area contributed by atoms with Crippen LogP contribution >= 0.6 is 47.2 Å². The van der Waals surface area contributed by atoms with Crippen molar-refractivity contribution in [2.24, 2.45) is 23.5 Å². The van der Waals surface area contributed by atoms with Crippen molar-refractivity contribution < 1.29 is 52.9 Å². The van der Waals surface area contributed by atoms with Gasteiger partial charge in [0.1, 0.15) is 92.1 Å². The molecule has 0 bridgehead atoms. The molecule has 3 amide bonds. The molecule has 3 fully saturated rings. The third kappa shape index (κ3) is 28.8. The van der Waals surface area contributed by atoms with E-state index >= 15 is 0 Å². The largest absolute Gasteiger partial charge is 0.488 e. The third-order valence-electron chi connectivity index (χ3n) is 14.9. The number of carbonyl (C=O) groups excluding carboxylic acids is 3. The molecule has 11 N–H and O–H groups in total. The van der Waals surface area contributed by atoms with E-state index in [1.165, 1.54) is 19.0 Å². The molecule has 0 atom stereocenters. The molecular formula is C69H93BCl4N14O11. The number of ether oxygens (including phenoxy) is 6. The van der Waals surface area contributed by atoms with Crippen LogP contribution in [0.4, 0.5) is 37.7 Å². The number of nitrogens with one attached hydrogen (secondary N) is 1. The van der Waals surface area contributed by atoms with E-state index in [0.29, 0.717) is 79.3 Å². The number of amides is 3. The Morgan fingerprint density at radius 1 is 0.515 bits per heavy atom. The lowest BCUT2D eigenvalue weighted by molar-refractivity contribution is 0.0159. The van der Waals surface area contributed by atoms with Crippen molar-refractivity contribution in [1.29, 1.82) is 0 Å². The van der Waals surface area contributed by atoms with Crippen molar-refractivity contribution >= 4 is 101 Å². The molecule has 3 aromatic heterocycles. The molecule has 536 valence electrons. The average Bonchev–Trinajstić information content (AvgIpc) is 0.823. The van der Waals surface area contributed by atoms with Crippen molar-refractivity contribution in [3.8, 4) is 40.0 Å². The van der Waals surface area contributed by atoms with Crippen LogP contribution in [0.5, 0.6) is 28.9 Å². The number of para-hydroxylation sites is 2. The van der Waals surface area contributed by atoms with Gasteiger partial charge in [-0.05, 0) is 185 Å². The average molecular weight is 1450 g/mol. The van der Waals surface area contributed by atoms with Crippen LogP contribution < -0.4 is 47.9 Å². The smallest absolute Gasteiger partial charge is 0.476 e. The second kappa shape index (κ2) is 39.4. The van der Waals surface area contributed by atoms with Crippen molar-refractivity contribution in [1.82, 2.24) is 44.6 Å². The van der Waals surface area contributed by atoms with Gasteiger partial charge in [-0.2, -0.15) is 0 Å². The molecule has 4 aromatic carbocycles. The van der Waals surface area contributed by atoms with E-state index in [2.05, 4.69) is 35.2 Å². The van der Waals surface area contributed by atoms with Crippen LogP contribution in [0.15, 0.2) is 128 Å². The lowest BCUT2D eigenvalue weighted by Crippen LogP contribution is -2.42. The Morgan fingerprint density at radius 3 is 1.31 bits per heavy atom. The molecule has 99 heavy (non-hydrogen) atoms. The fourth-order valence-corrected chi connectivity index (χ4v) is 10.1. The second-order valence-corrected chi connectivity index (χ2v) is 27.3. The number of piperidine rings is 3. The number of nitrogen functional groups attached to an aromatic ring is 3. The predicted molar refractivity (Wildman–Crippen MR) is 391 cm³/mol. The summed E-state index contributed by atoms with van der Waals surface area (Å²) in [5, 5.41) is 21.9. The maximum Gasteiger partial charge on any atom is 0.488 e. The van der Waals surface area contributed by atoms with Gasteiger partial charge in [0.2, 0.25) is 5.88 Å². The van der Waals surface area contributed by atoms with E-state index in [9.17, 15) is 14.4 Å². The number of anilines is 4. The number of hydrogen-bond acceptors (Lipinski definition) is 22. The molecule has 0 spiro atoms. The van der Waals surface area contributed by atoms with Gasteiger partial charge in [-0.3, -0.25) is 0 Å². The van der Waals surface area contributed by atoms with Crippen LogP contribution in [-0.2, 0) is 14.2 Å². The van der Waals surface area contributed by atoms with Gasteiger partial charge < -0.3 is 81.4 Å². The number of nitrogens with zero attached hydrogens (tertiary/aromatic N) is 9. The summed E-state index contributed by atoms with van der Waals surface area (Å²) in [6.07, 6.45) is 8.82. The van der Waals surface area contributed by atoms with E-state index in [-0.39, 0.29) is 57.5 Å². The summed E-state index contributed by atoms with van der Waals surface area (Å²) < 4.78 is 33.3. The topological polar surface area (TPSA) is 350 Å². The first-order valence-electron chi connectivity index (χ1n) is 32.2. The zero-order valence-corrected chi connectivity index (χ0v) is 60.6. The number of likely N-dealkylation sites (tertiary alicyclic amines) is 3. The molecule has 3 saturated heterocycles. The molecule has 10 rings (SSSR count). The highest BCUT2D eigenvalue weighted by Gasteiger charge is 2.30. The number of carbonyl (C=O) groups is 3. The van der Waals surface area contributed by atoms with Crippen molar-refractivity contribution in [2.75, 3.05) is 81.5 Å². The second-order valence-electron chi connectivity index (χ2n) is 26.2. The fourth-order valence-electron chi connectivity index (χ4n) is 9.66. The van der Waals surface area contributed by atoms with Gasteiger partial charge in [-0.1, -0.05) is 95.5 Å². The molecule has 0 radical (unpaired) electrons. The van der Waals surface area contributed by atoms with Crippen molar-refractivity contribution in [3.05, 3.63) is 143 Å². The maximum atomic E-state index is 12.3. The first-order valence-corrected chi connectivity index (χ1v) is 33.4. The van der Waals surface area contributed by atoms with Crippen LogP contribution in [0.3, 0.4) is 0 Å². The summed E-state index contributed by atoms with van der Waals surface area (Å²) in [5.41, 5.74) is 23.5. The molecule has 3 aliphatic rings. The van der Waals surface area contributed by atoms with E-state index in [1.807, 2.05) is 147 Å². The van der Waals surface area contributed by atoms with E-state index in [0.717, 1.165) is 93.1 Å². The summed E-state index contributed by atoms with van der Waals surface area (Å²) in [6, 6.07) is 33.4. The quantitative estimate of drug-likeness (QED) is 0.0320. The Morgan fingerprint density at radius 2 is 0.899 bits per heavy atom. The van der Waals surface area contributed by atoms with Gasteiger partial charge in [-0.25, -0.2) is 44.3 Å². The number of rotatable bonds is 13. The number of nitrogens with two attached hydrogens (primary N) is 4. The minimum atomic E-state index is -1.44. The lowest BCUT2D eigenvalue weighted by Gasteiger charge is -2.33. The normalized spacial score (nSPS) is 14.2. The maximum absolute atomic E-state index is 12.3. The minimum absolute atomic E-state index is 0. The molecular weight excluding hydrogens is 1350 g/mol. The highest BCUT2D eigenvalue weighted by molar-refractivity contribution is 6.58. The highest BCUT2D eigenvalue weighted by Crippen LogP contribution is 2.34. The van der Waals surface area contributed by atoms with Gasteiger partial charge in [0.05, 0.1) is 12.2 Å². The van der Waals surface area contributed by atoms with Crippen LogP contribution in [0, 0.1) is 17.8 Å². The SMILES string of the molecule is CC(C)(C)OC(=O)N1CCC(CN)CC1.CC(C)(C)OC(=O)N1CCC(CNc2ncnc(N)c2-c2ccc(Oc3ccccc3)cc2)CC1.CC(C)(C)OC(=O)N1CCC(COc2ncnc(N)c2Cl)CC1.Cl.Nc1ncnc(Cl)c1Cl.OB(O)c1ccc(Oc2ccccc2)cc1. The summed E-state index contributed by atoms with van der Waals surface area (Å²) in [6.45, 7) is 23.1. The van der Waals surface area contributed by atoms with Gasteiger partial charge in [0.25, 0.3) is 0 Å². The van der Waals surface area contributed by atoms with Crippen LogP contribution in [0.1, 0.15) is 101 Å². The summed E-state index contributed by atoms with van der Waals surface area (Å²) in [5.74, 6) is 6.08. The number of hydrogen-bond donors (Lipinski definition) is 7. The standard InChI is InChI=1S/C27H33N5O3.C15H23ClN4O3.C12H11BO3.C11H22N2O2.C4H3Cl2N3.ClH/c1-27(2,3)35-26(33)32-15-13-19(14-16-32)17-29-25-23(24(28)30-18-31-25)20-9-11-22(12-10-20)34-21-7-5-4-6-8-21;1-15(2,3)23-14(21)20-6-4-10(5-7-20)8-22-13-11(16)12(17)18-9-19-13;14-13(15)10-6-8-12(9-7-10)16-11-4-2-1-3-5-11;1-11(2,3)15-10(14)13-6-4-9(8-12)5-7-13;5-2-3(6)8-1-9-4(2)7;/h4-12,18-19H,13-17H2,1-3H3,(H3,28,29,30,31);9-10H,4-8H2,1-3H3,(H2,17,18,19);1-9,14-15H;9H,4-8,12H2,1-3H3;1H,(H2,7,8,9);1H.